The van der Waals surface area contributed by atoms with Crippen LogP contribution in [0, 0.1) is 0 Å². The van der Waals surface area contributed by atoms with E-state index in [1.807, 2.05) is 0 Å². The Morgan fingerprint density at radius 2 is 1.42 bits per heavy atom. The molecule has 0 atom stereocenters. The number of halogens is 6. The van der Waals surface area contributed by atoms with E-state index in [2.05, 4.69) is 10.1 Å². The number of aromatic nitrogens is 1. The summed E-state index contributed by atoms with van der Waals surface area (Å²) in [4.78, 5) is 12.9. The number of amides is 1. The van der Waals surface area contributed by atoms with Gasteiger partial charge in [-0.3, -0.25) is 4.57 Å². The van der Waals surface area contributed by atoms with Crippen LogP contribution < -0.4 is 10.1 Å². The summed E-state index contributed by atoms with van der Waals surface area (Å²) in [5.41, 5.74) is -0.180. The molecule has 4 aromatic rings. The average Bonchev–Trinajstić information content (AvgIpc) is 3.13. The van der Waals surface area contributed by atoms with Gasteiger partial charge in [0, 0.05) is 22.8 Å². The van der Waals surface area contributed by atoms with Crippen molar-refractivity contribution < 1.29 is 35.9 Å². The first kappa shape index (κ1) is 22.3. The first-order chi connectivity index (χ1) is 15.5. The summed E-state index contributed by atoms with van der Waals surface area (Å²) in [6.45, 7) is 0. The number of ether oxygens (including phenoxy) is 1. The van der Waals surface area contributed by atoms with Gasteiger partial charge in [0.05, 0.1) is 11.1 Å². The van der Waals surface area contributed by atoms with Crippen LogP contribution in [0.2, 0.25) is 0 Å². The Labute approximate surface area is 183 Å². The maximum Gasteiger partial charge on any atom is 0.573 e. The number of carbonyl (C=O) groups excluding carboxylic acids is 1. The lowest BCUT2D eigenvalue weighted by molar-refractivity contribution is -0.274. The maximum atomic E-state index is 13.6. The van der Waals surface area contributed by atoms with Gasteiger partial charge in [-0.15, -0.1) is 13.2 Å². The molecule has 4 rings (SSSR count). The lowest BCUT2D eigenvalue weighted by atomic mass is 9.99. The van der Waals surface area contributed by atoms with Crippen LogP contribution in [0.3, 0.4) is 0 Å². The Bertz CT molecular complexity index is 1310. The van der Waals surface area contributed by atoms with Crippen molar-refractivity contribution >= 4 is 22.6 Å². The molecule has 0 saturated heterocycles. The molecule has 4 nitrogen and oxygen atoms in total. The second-order valence-corrected chi connectivity index (χ2v) is 6.98. The first-order valence-corrected chi connectivity index (χ1v) is 9.47. The molecule has 0 aliphatic rings. The highest BCUT2D eigenvalue weighted by atomic mass is 19.4. The Morgan fingerprint density at radius 1 is 0.788 bits per heavy atom. The summed E-state index contributed by atoms with van der Waals surface area (Å²) in [6, 6.07) is 15.3. The number of hydrogen-bond donors (Lipinski definition) is 1. The van der Waals surface area contributed by atoms with Gasteiger partial charge < -0.3 is 10.1 Å². The number of nitrogens with zero attached hydrogens (tertiary/aromatic N) is 1. The summed E-state index contributed by atoms with van der Waals surface area (Å²) in [5, 5.41) is 2.94. The third kappa shape index (κ3) is 4.79. The number of nitrogens with one attached hydrogen (secondary N) is 1. The third-order valence-corrected chi connectivity index (χ3v) is 4.79. The lowest BCUT2D eigenvalue weighted by Crippen LogP contribution is -2.19. The zero-order valence-corrected chi connectivity index (χ0v) is 16.5. The predicted octanol–water partition coefficient (Wildman–Crippen LogP) is 7.31. The van der Waals surface area contributed by atoms with Crippen molar-refractivity contribution in [2.75, 3.05) is 5.32 Å². The number of benzene rings is 3. The zero-order valence-electron chi connectivity index (χ0n) is 16.5. The molecule has 1 amide bonds. The summed E-state index contributed by atoms with van der Waals surface area (Å²) >= 11 is 0. The average molecular weight is 464 g/mol. The van der Waals surface area contributed by atoms with E-state index in [0.29, 0.717) is 10.9 Å². The van der Waals surface area contributed by atoms with E-state index in [1.54, 1.807) is 24.3 Å². The van der Waals surface area contributed by atoms with Gasteiger partial charge in [-0.2, -0.15) is 13.2 Å². The maximum absolute atomic E-state index is 13.6. The van der Waals surface area contributed by atoms with E-state index < -0.39 is 29.9 Å². The number of rotatable bonds is 3. The van der Waals surface area contributed by atoms with E-state index >= 15 is 0 Å². The van der Waals surface area contributed by atoms with Gasteiger partial charge >= 0.3 is 18.6 Å². The number of carbonyl (C=O) groups is 1. The van der Waals surface area contributed by atoms with Crippen LogP contribution in [-0.4, -0.2) is 17.0 Å². The Kier molecular flexibility index (Phi) is 5.52. The fraction of sp³-hybridized carbons (Fsp3) is 0.0870. The van der Waals surface area contributed by atoms with Crippen molar-refractivity contribution in [2.24, 2.45) is 0 Å². The molecule has 0 bridgehead atoms. The van der Waals surface area contributed by atoms with Gasteiger partial charge in [-0.25, -0.2) is 4.79 Å². The van der Waals surface area contributed by atoms with Gasteiger partial charge in [0.1, 0.15) is 5.75 Å². The topological polar surface area (TPSA) is 43.3 Å². The third-order valence-electron chi connectivity index (χ3n) is 4.79. The van der Waals surface area contributed by atoms with Crippen molar-refractivity contribution in [2.45, 2.75) is 12.5 Å². The molecule has 33 heavy (non-hydrogen) atoms. The standard InChI is InChI=1S/C23H14F6N2O2/c24-22(25,26)19-7-3-1-5-16(19)18-13-31(20-8-4-2-6-17(18)20)21(32)30-14-9-11-15(12-10-14)33-23(27,28)29/h1-13H,(H,30,32). The van der Waals surface area contributed by atoms with E-state index in [-0.39, 0.29) is 16.8 Å². The fourth-order valence-electron chi connectivity index (χ4n) is 3.45. The summed E-state index contributed by atoms with van der Waals surface area (Å²) < 4.78 is 82.5. The highest BCUT2D eigenvalue weighted by Crippen LogP contribution is 2.40. The molecule has 1 heterocycles. The van der Waals surface area contributed by atoms with E-state index in [0.717, 1.165) is 22.8 Å². The predicted molar refractivity (Wildman–Crippen MR) is 110 cm³/mol. The van der Waals surface area contributed by atoms with Crippen LogP contribution in [0.5, 0.6) is 5.75 Å². The molecule has 10 heteroatoms. The van der Waals surface area contributed by atoms with Crippen molar-refractivity contribution in [1.82, 2.24) is 4.57 Å². The van der Waals surface area contributed by atoms with Gasteiger partial charge in [0.15, 0.2) is 0 Å². The molecule has 1 N–H and O–H groups in total. The SMILES string of the molecule is O=C(Nc1ccc(OC(F)(F)F)cc1)n1cc(-c2ccccc2C(F)(F)F)c2ccccc21. The Hall–Kier alpha value is -3.95. The molecule has 0 aliphatic carbocycles. The van der Waals surface area contributed by atoms with Crippen molar-refractivity contribution in [3.8, 4) is 16.9 Å². The highest BCUT2D eigenvalue weighted by Gasteiger charge is 2.34. The Morgan fingerprint density at radius 3 is 2.09 bits per heavy atom. The molecule has 0 aliphatic heterocycles. The van der Waals surface area contributed by atoms with Gasteiger partial charge in [-0.05, 0) is 42.0 Å². The van der Waals surface area contributed by atoms with Crippen molar-refractivity contribution in [1.29, 1.82) is 0 Å². The molecular formula is C23H14F6N2O2. The summed E-state index contributed by atoms with van der Waals surface area (Å²) in [7, 11) is 0. The molecule has 0 saturated carbocycles. The molecule has 3 aromatic carbocycles. The van der Waals surface area contributed by atoms with Crippen LogP contribution in [0.4, 0.5) is 36.8 Å². The minimum Gasteiger partial charge on any atom is -0.406 e. The van der Waals surface area contributed by atoms with Crippen LogP contribution >= 0.6 is 0 Å². The van der Waals surface area contributed by atoms with Crippen LogP contribution in [-0.2, 0) is 6.18 Å². The van der Waals surface area contributed by atoms with E-state index in [9.17, 15) is 31.1 Å². The van der Waals surface area contributed by atoms with E-state index in [1.165, 1.54) is 36.5 Å². The lowest BCUT2D eigenvalue weighted by Gasteiger charge is -2.12. The summed E-state index contributed by atoms with van der Waals surface area (Å²) in [5.74, 6) is -0.460. The number of hydrogen-bond acceptors (Lipinski definition) is 2. The second kappa shape index (κ2) is 8.19. The van der Waals surface area contributed by atoms with Crippen molar-refractivity contribution in [3.63, 3.8) is 0 Å². The molecule has 170 valence electrons. The van der Waals surface area contributed by atoms with Gasteiger partial charge in [-0.1, -0.05) is 36.4 Å². The number of anilines is 1. The van der Waals surface area contributed by atoms with Crippen LogP contribution in [0.15, 0.2) is 79.0 Å². The highest BCUT2D eigenvalue weighted by molar-refractivity contribution is 6.05. The van der Waals surface area contributed by atoms with Gasteiger partial charge in [0.25, 0.3) is 0 Å². The quantitative estimate of drug-likeness (QED) is 0.323. The number of alkyl halides is 6. The molecular weight excluding hydrogens is 450 g/mol. The first-order valence-electron chi connectivity index (χ1n) is 9.47. The molecule has 1 aromatic heterocycles. The monoisotopic (exact) mass is 464 g/mol. The van der Waals surface area contributed by atoms with Crippen LogP contribution in [0.1, 0.15) is 5.56 Å². The normalized spacial score (nSPS) is 12.1. The molecule has 0 fully saturated rings. The fourth-order valence-corrected chi connectivity index (χ4v) is 3.45. The summed E-state index contributed by atoms with van der Waals surface area (Å²) in [6.07, 6.45) is -8.15. The Balaban J connectivity index is 1.70. The second-order valence-electron chi connectivity index (χ2n) is 6.98. The van der Waals surface area contributed by atoms with Crippen molar-refractivity contribution in [3.05, 3.63) is 84.6 Å². The largest absolute Gasteiger partial charge is 0.573 e. The minimum absolute atomic E-state index is 0.0820. The smallest absolute Gasteiger partial charge is 0.406 e. The molecule has 0 spiro atoms. The zero-order chi connectivity index (χ0) is 23.8. The minimum atomic E-state index is -4.85. The molecule has 0 unspecified atom stereocenters. The van der Waals surface area contributed by atoms with E-state index in [4.69, 9.17) is 0 Å². The van der Waals surface area contributed by atoms with Crippen LogP contribution in [0.25, 0.3) is 22.0 Å². The number of para-hydroxylation sites is 1. The van der Waals surface area contributed by atoms with Gasteiger partial charge in [0.2, 0.25) is 0 Å². The number of fused-ring (bicyclic) bond motifs is 1. The molecule has 0 radical (unpaired) electrons.